The molecule has 0 bridgehead atoms. The van der Waals surface area contributed by atoms with Gasteiger partial charge in [-0.25, -0.2) is 0 Å². The number of halogens is 2. The van der Waals surface area contributed by atoms with Crippen LogP contribution in [0.4, 0.5) is 0 Å². The van der Waals surface area contributed by atoms with Gasteiger partial charge in [0.1, 0.15) is 5.75 Å². The molecule has 0 aliphatic rings. The molecule has 9 heteroatoms. The first-order valence-corrected chi connectivity index (χ1v) is 9.03. The zero-order valence-corrected chi connectivity index (χ0v) is 16.3. The Morgan fingerprint density at radius 2 is 1.92 bits per heavy atom. The quantitative estimate of drug-likeness (QED) is 0.667. The van der Waals surface area contributed by atoms with Crippen molar-refractivity contribution in [1.82, 2.24) is 10.9 Å². The number of carbonyl (C=O) groups is 2. The van der Waals surface area contributed by atoms with Crippen LogP contribution in [0.3, 0.4) is 0 Å². The van der Waals surface area contributed by atoms with Crippen LogP contribution in [0.5, 0.6) is 5.75 Å². The van der Waals surface area contributed by atoms with Gasteiger partial charge < -0.3 is 4.74 Å². The second-order valence-corrected chi connectivity index (χ2v) is 7.80. The van der Waals surface area contributed by atoms with Gasteiger partial charge in [0.25, 0.3) is 11.8 Å². The SMILES string of the molecule is C[C@H](Oc1ccc(C#N)cc1)C(=O)NNC(=O)c1cc(Br)c(Br)s1. The van der Waals surface area contributed by atoms with Gasteiger partial charge in [0.15, 0.2) is 6.10 Å². The molecule has 124 valence electrons. The normalized spacial score (nSPS) is 11.2. The lowest BCUT2D eigenvalue weighted by molar-refractivity contribution is -0.128. The maximum Gasteiger partial charge on any atom is 0.279 e. The minimum Gasteiger partial charge on any atom is -0.481 e. The Balaban J connectivity index is 1.87. The Hall–Kier alpha value is -1.89. The fourth-order valence-electron chi connectivity index (χ4n) is 1.61. The van der Waals surface area contributed by atoms with Gasteiger partial charge >= 0.3 is 0 Å². The molecule has 2 rings (SSSR count). The lowest BCUT2D eigenvalue weighted by Crippen LogP contribution is -2.47. The monoisotopic (exact) mass is 471 g/mol. The molecule has 1 aromatic heterocycles. The highest BCUT2D eigenvalue weighted by atomic mass is 79.9. The second-order valence-electron chi connectivity index (χ2n) is 4.57. The second kappa shape index (κ2) is 8.28. The smallest absolute Gasteiger partial charge is 0.279 e. The van der Waals surface area contributed by atoms with Crippen LogP contribution in [0.25, 0.3) is 0 Å². The standard InChI is InChI=1S/C15H11Br2N3O3S/c1-8(23-10-4-2-9(7-18)3-5-10)14(21)19-20-15(22)12-6-11(16)13(17)24-12/h2-6,8H,1H3,(H,19,21)(H,20,22)/t8-/m0/s1. The summed E-state index contributed by atoms with van der Waals surface area (Å²) < 4.78 is 7.01. The van der Waals surface area contributed by atoms with E-state index in [2.05, 4.69) is 42.7 Å². The minimum atomic E-state index is -0.819. The molecule has 0 saturated heterocycles. The summed E-state index contributed by atoms with van der Waals surface area (Å²) in [7, 11) is 0. The van der Waals surface area contributed by atoms with E-state index in [4.69, 9.17) is 10.00 Å². The van der Waals surface area contributed by atoms with Crippen LogP contribution in [0.1, 0.15) is 22.2 Å². The van der Waals surface area contributed by atoms with Crippen LogP contribution in [-0.4, -0.2) is 17.9 Å². The van der Waals surface area contributed by atoms with E-state index in [1.165, 1.54) is 11.3 Å². The van der Waals surface area contributed by atoms with Gasteiger partial charge in [0, 0.05) is 4.47 Å². The molecule has 2 aromatic rings. The fourth-order valence-corrected chi connectivity index (χ4v) is 3.54. The number of hydrazine groups is 1. The molecule has 2 N–H and O–H groups in total. The van der Waals surface area contributed by atoms with Gasteiger partial charge in [-0.3, -0.25) is 20.4 Å². The molecular weight excluding hydrogens is 462 g/mol. The average Bonchev–Trinajstić information content (AvgIpc) is 2.92. The van der Waals surface area contributed by atoms with E-state index in [1.54, 1.807) is 37.3 Å². The van der Waals surface area contributed by atoms with Gasteiger partial charge in [-0.1, -0.05) is 0 Å². The van der Waals surface area contributed by atoms with Crippen LogP contribution >= 0.6 is 43.2 Å². The number of hydrogen-bond acceptors (Lipinski definition) is 5. The number of benzene rings is 1. The van der Waals surface area contributed by atoms with Gasteiger partial charge in [-0.05, 0) is 69.1 Å². The van der Waals surface area contributed by atoms with E-state index in [0.29, 0.717) is 16.2 Å². The Kier molecular flexibility index (Phi) is 6.36. The van der Waals surface area contributed by atoms with E-state index in [9.17, 15) is 9.59 Å². The molecule has 0 aliphatic heterocycles. The van der Waals surface area contributed by atoms with Gasteiger partial charge in [0.05, 0.1) is 20.3 Å². The van der Waals surface area contributed by atoms with E-state index in [1.807, 2.05) is 6.07 Å². The molecule has 0 fully saturated rings. The molecule has 6 nitrogen and oxygen atoms in total. The maximum atomic E-state index is 12.0. The van der Waals surface area contributed by atoms with E-state index in [0.717, 1.165) is 8.26 Å². The first-order chi connectivity index (χ1) is 11.4. The molecule has 24 heavy (non-hydrogen) atoms. The largest absolute Gasteiger partial charge is 0.481 e. The highest BCUT2D eigenvalue weighted by Crippen LogP contribution is 2.32. The molecule has 2 amide bonds. The van der Waals surface area contributed by atoms with Crippen molar-refractivity contribution < 1.29 is 14.3 Å². The van der Waals surface area contributed by atoms with E-state index in [-0.39, 0.29) is 0 Å². The fraction of sp³-hybridized carbons (Fsp3) is 0.133. The predicted molar refractivity (Wildman–Crippen MR) is 96.6 cm³/mol. The number of nitrogens with one attached hydrogen (secondary N) is 2. The Morgan fingerprint density at radius 1 is 1.25 bits per heavy atom. The zero-order valence-electron chi connectivity index (χ0n) is 12.3. The first kappa shape index (κ1) is 18.4. The summed E-state index contributed by atoms with van der Waals surface area (Å²) in [6, 6.07) is 10.0. The lowest BCUT2D eigenvalue weighted by Gasteiger charge is -2.14. The number of carbonyl (C=O) groups excluding carboxylic acids is 2. The van der Waals surface area contributed by atoms with Crippen molar-refractivity contribution in [3.8, 4) is 11.8 Å². The molecule has 0 saturated carbocycles. The predicted octanol–water partition coefficient (Wildman–Crippen LogP) is 3.37. The summed E-state index contributed by atoms with van der Waals surface area (Å²) in [4.78, 5) is 24.3. The van der Waals surface area contributed by atoms with Gasteiger partial charge in [-0.2, -0.15) is 5.26 Å². The third-order valence-electron chi connectivity index (χ3n) is 2.83. The number of rotatable bonds is 4. The number of nitriles is 1. The van der Waals surface area contributed by atoms with Crippen LogP contribution in [0, 0.1) is 11.3 Å². The molecule has 0 spiro atoms. The van der Waals surface area contributed by atoms with Crippen molar-refractivity contribution >= 4 is 55.0 Å². The van der Waals surface area contributed by atoms with Crippen LogP contribution in [0.15, 0.2) is 38.6 Å². The summed E-state index contributed by atoms with van der Waals surface area (Å²) in [6.07, 6.45) is -0.819. The molecule has 1 aromatic carbocycles. The minimum absolute atomic E-state index is 0.426. The number of hydrogen-bond donors (Lipinski definition) is 2. The van der Waals surface area contributed by atoms with Crippen molar-refractivity contribution in [3.05, 3.63) is 49.0 Å². The van der Waals surface area contributed by atoms with Crippen molar-refractivity contribution in [1.29, 1.82) is 5.26 Å². The maximum absolute atomic E-state index is 12.0. The van der Waals surface area contributed by atoms with Gasteiger partial charge in [0.2, 0.25) is 0 Å². The van der Waals surface area contributed by atoms with Gasteiger partial charge in [-0.15, -0.1) is 11.3 Å². The summed E-state index contributed by atoms with van der Waals surface area (Å²) in [6.45, 7) is 1.55. The third-order valence-corrected chi connectivity index (χ3v) is 6.09. The first-order valence-electron chi connectivity index (χ1n) is 6.62. The highest BCUT2D eigenvalue weighted by Gasteiger charge is 2.17. The van der Waals surface area contributed by atoms with Crippen LogP contribution < -0.4 is 15.6 Å². The topological polar surface area (TPSA) is 91.2 Å². The number of thiophene rings is 1. The van der Waals surface area contributed by atoms with Crippen LogP contribution in [-0.2, 0) is 4.79 Å². The summed E-state index contributed by atoms with van der Waals surface area (Å²) in [5, 5.41) is 8.73. The Morgan fingerprint density at radius 3 is 2.46 bits per heavy atom. The molecular formula is C15H11Br2N3O3S. The molecule has 0 radical (unpaired) electrons. The summed E-state index contributed by atoms with van der Waals surface area (Å²) in [5.41, 5.74) is 5.14. The van der Waals surface area contributed by atoms with Crippen molar-refractivity contribution in [2.45, 2.75) is 13.0 Å². The van der Waals surface area contributed by atoms with E-state index < -0.39 is 17.9 Å². The molecule has 1 atom stereocenters. The number of amides is 2. The molecule has 0 aliphatic carbocycles. The number of nitrogens with zero attached hydrogens (tertiary/aromatic N) is 1. The Labute approximate surface area is 159 Å². The zero-order chi connectivity index (χ0) is 17.7. The third kappa shape index (κ3) is 4.80. The molecule has 0 unspecified atom stereocenters. The summed E-state index contributed by atoms with van der Waals surface area (Å²) >= 11 is 7.83. The van der Waals surface area contributed by atoms with Crippen LogP contribution in [0.2, 0.25) is 0 Å². The van der Waals surface area contributed by atoms with Crippen molar-refractivity contribution in [2.24, 2.45) is 0 Å². The number of ether oxygens (including phenoxy) is 1. The lowest BCUT2D eigenvalue weighted by atomic mass is 10.2. The molecule has 1 heterocycles. The average molecular weight is 473 g/mol. The highest BCUT2D eigenvalue weighted by molar-refractivity contribution is 9.13. The van der Waals surface area contributed by atoms with E-state index >= 15 is 0 Å². The Bertz CT molecular complexity index is 780. The van der Waals surface area contributed by atoms with Crippen molar-refractivity contribution in [3.63, 3.8) is 0 Å². The van der Waals surface area contributed by atoms with Crippen molar-refractivity contribution in [2.75, 3.05) is 0 Å². The summed E-state index contributed by atoms with van der Waals surface area (Å²) in [5.74, 6) is -0.471.